The zero-order valence-electron chi connectivity index (χ0n) is 13.0. The molecule has 1 fully saturated rings. The van der Waals surface area contributed by atoms with E-state index in [2.05, 4.69) is 10.2 Å². The molecule has 0 aliphatic carbocycles. The molecule has 1 saturated heterocycles. The lowest BCUT2D eigenvalue weighted by Crippen LogP contribution is -2.41. The fraction of sp³-hybridized carbons (Fsp3) is 0.600. The van der Waals surface area contributed by atoms with Gasteiger partial charge in [-0.05, 0) is 51.7 Å². The van der Waals surface area contributed by atoms with Crippen molar-refractivity contribution in [2.45, 2.75) is 30.8 Å². The number of sulfonamides is 1. The number of rotatable bonds is 4. The molecule has 0 amide bonds. The van der Waals surface area contributed by atoms with Crippen LogP contribution in [-0.2, 0) is 16.6 Å². The van der Waals surface area contributed by atoms with E-state index in [9.17, 15) is 8.42 Å². The Labute approximate surface area is 128 Å². The highest BCUT2D eigenvalue weighted by Crippen LogP contribution is 2.21. The van der Waals surface area contributed by atoms with Crippen molar-refractivity contribution in [2.75, 3.05) is 33.7 Å². The zero-order chi connectivity index (χ0) is 15.5. The van der Waals surface area contributed by atoms with E-state index in [-0.39, 0.29) is 6.04 Å². The van der Waals surface area contributed by atoms with Crippen molar-refractivity contribution in [3.05, 3.63) is 29.8 Å². The number of hydrogen-bond donors (Lipinski definition) is 1. The summed E-state index contributed by atoms with van der Waals surface area (Å²) in [5, 5.41) is 3.05. The summed E-state index contributed by atoms with van der Waals surface area (Å²) >= 11 is 0. The van der Waals surface area contributed by atoms with Crippen molar-refractivity contribution in [1.82, 2.24) is 14.5 Å². The van der Waals surface area contributed by atoms with Gasteiger partial charge in [-0.3, -0.25) is 0 Å². The molecule has 2 rings (SSSR count). The summed E-state index contributed by atoms with van der Waals surface area (Å²) in [6, 6.07) is 7.21. The van der Waals surface area contributed by atoms with Crippen LogP contribution in [0.1, 0.15) is 18.9 Å². The standard InChI is InChI=1S/C15H25N3O2S/c1-13-12-17(3)8-5-9-18(13)21(19,20)15-7-4-6-14(10-15)11-16-2/h4,6-7,10,13,16H,5,8-9,11-12H2,1-3H3. The van der Waals surface area contributed by atoms with Crippen LogP contribution in [0.5, 0.6) is 0 Å². The lowest BCUT2D eigenvalue weighted by Gasteiger charge is -2.27. The van der Waals surface area contributed by atoms with Crippen LogP contribution in [-0.4, -0.2) is 57.4 Å². The van der Waals surface area contributed by atoms with E-state index in [0.29, 0.717) is 18.0 Å². The molecule has 1 aliphatic heterocycles. The summed E-state index contributed by atoms with van der Waals surface area (Å²) in [7, 11) is 0.477. The Morgan fingerprint density at radius 3 is 2.81 bits per heavy atom. The molecule has 5 nitrogen and oxygen atoms in total. The number of hydrogen-bond acceptors (Lipinski definition) is 4. The van der Waals surface area contributed by atoms with E-state index in [0.717, 1.165) is 25.1 Å². The van der Waals surface area contributed by atoms with E-state index in [1.54, 1.807) is 16.4 Å². The molecule has 6 heteroatoms. The van der Waals surface area contributed by atoms with Crippen LogP contribution < -0.4 is 5.32 Å². The molecular formula is C15H25N3O2S. The van der Waals surface area contributed by atoms with Gasteiger partial charge in [-0.1, -0.05) is 12.1 Å². The van der Waals surface area contributed by atoms with Gasteiger partial charge in [0.05, 0.1) is 4.90 Å². The molecule has 1 aliphatic rings. The van der Waals surface area contributed by atoms with Crippen LogP contribution in [0, 0.1) is 0 Å². The minimum absolute atomic E-state index is 0.00421. The first-order valence-electron chi connectivity index (χ1n) is 7.39. The predicted molar refractivity (Wildman–Crippen MR) is 84.7 cm³/mol. The molecule has 1 N–H and O–H groups in total. The monoisotopic (exact) mass is 311 g/mol. The van der Waals surface area contributed by atoms with E-state index in [1.807, 2.05) is 33.2 Å². The van der Waals surface area contributed by atoms with Crippen molar-refractivity contribution in [3.8, 4) is 0 Å². The summed E-state index contributed by atoms with van der Waals surface area (Å²) in [6.45, 7) is 4.95. The molecule has 0 spiro atoms. The van der Waals surface area contributed by atoms with Crippen LogP contribution in [0.3, 0.4) is 0 Å². The minimum Gasteiger partial charge on any atom is -0.316 e. The van der Waals surface area contributed by atoms with E-state index < -0.39 is 10.0 Å². The maximum atomic E-state index is 12.9. The largest absolute Gasteiger partial charge is 0.316 e. The Morgan fingerprint density at radius 1 is 1.33 bits per heavy atom. The smallest absolute Gasteiger partial charge is 0.243 e. The van der Waals surface area contributed by atoms with Gasteiger partial charge in [0.1, 0.15) is 0 Å². The van der Waals surface area contributed by atoms with Gasteiger partial charge in [-0.15, -0.1) is 0 Å². The zero-order valence-corrected chi connectivity index (χ0v) is 13.9. The number of benzene rings is 1. The first-order valence-corrected chi connectivity index (χ1v) is 8.83. The maximum Gasteiger partial charge on any atom is 0.243 e. The lowest BCUT2D eigenvalue weighted by molar-refractivity contribution is 0.290. The van der Waals surface area contributed by atoms with Gasteiger partial charge in [0.2, 0.25) is 10.0 Å². The van der Waals surface area contributed by atoms with Crippen molar-refractivity contribution in [3.63, 3.8) is 0 Å². The predicted octanol–water partition coefficient (Wildman–Crippen LogP) is 1.12. The first kappa shape index (κ1) is 16.4. The van der Waals surface area contributed by atoms with Crippen LogP contribution in [0.15, 0.2) is 29.2 Å². The Kier molecular flexibility index (Phi) is 5.37. The third kappa shape index (κ3) is 3.83. The van der Waals surface area contributed by atoms with Gasteiger partial charge in [0, 0.05) is 25.7 Å². The highest BCUT2D eigenvalue weighted by Gasteiger charge is 2.31. The molecular weight excluding hydrogens is 286 g/mol. The van der Waals surface area contributed by atoms with Gasteiger partial charge in [0.15, 0.2) is 0 Å². The summed E-state index contributed by atoms with van der Waals surface area (Å²) in [5.74, 6) is 0. The molecule has 0 saturated carbocycles. The number of nitrogens with zero attached hydrogens (tertiary/aromatic N) is 2. The summed E-state index contributed by atoms with van der Waals surface area (Å²) < 4.78 is 27.4. The minimum atomic E-state index is -3.42. The number of nitrogens with one attached hydrogen (secondary N) is 1. The van der Waals surface area contributed by atoms with Gasteiger partial charge in [0.25, 0.3) is 0 Å². The van der Waals surface area contributed by atoms with Crippen LogP contribution in [0.25, 0.3) is 0 Å². The van der Waals surface area contributed by atoms with Crippen LogP contribution in [0.4, 0.5) is 0 Å². The maximum absolute atomic E-state index is 12.9. The quantitative estimate of drug-likeness (QED) is 0.905. The molecule has 118 valence electrons. The van der Waals surface area contributed by atoms with E-state index in [1.165, 1.54) is 0 Å². The molecule has 0 radical (unpaired) electrons. The summed E-state index contributed by atoms with van der Waals surface area (Å²) in [6.07, 6.45) is 0.871. The summed E-state index contributed by atoms with van der Waals surface area (Å²) in [5.41, 5.74) is 0.984. The average Bonchev–Trinajstić information content (AvgIpc) is 2.60. The molecule has 1 unspecified atom stereocenters. The Morgan fingerprint density at radius 2 is 2.10 bits per heavy atom. The first-order chi connectivity index (χ1) is 9.95. The Hall–Kier alpha value is -0.950. The van der Waals surface area contributed by atoms with E-state index >= 15 is 0 Å². The third-order valence-electron chi connectivity index (χ3n) is 3.87. The summed E-state index contributed by atoms with van der Waals surface area (Å²) in [4.78, 5) is 2.59. The second kappa shape index (κ2) is 6.87. The van der Waals surface area contributed by atoms with Crippen molar-refractivity contribution >= 4 is 10.0 Å². The van der Waals surface area contributed by atoms with Gasteiger partial charge < -0.3 is 10.2 Å². The van der Waals surface area contributed by atoms with Gasteiger partial charge >= 0.3 is 0 Å². The van der Waals surface area contributed by atoms with Crippen molar-refractivity contribution < 1.29 is 8.42 Å². The molecule has 0 aromatic heterocycles. The second-order valence-electron chi connectivity index (χ2n) is 5.76. The van der Waals surface area contributed by atoms with Crippen LogP contribution in [0.2, 0.25) is 0 Å². The molecule has 1 aromatic carbocycles. The highest BCUT2D eigenvalue weighted by atomic mass is 32.2. The molecule has 1 heterocycles. The average molecular weight is 311 g/mol. The normalized spacial score (nSPS) is 22.1. The lowest BCUT2D eigenvalue weighted by atomic mass is 10.2. The molecule has 1 atom stereocenters. The molecule has 1 aromatic rings. The second-order valence-corrected chi connectivity index (χ2v) is 7.65. The fourth-order valence-electron chi connectivity index (χ4n) is 2.86. The molecule has 21 heavy (non-hydrogen) atoms. The van der Waals surface area contributed by atoms with Crippen molar-refractivity contribution in [2.24, 2.45) is 0 Å². The fourth-order valence-corrected chi connectivity index (χ4v) is 4.59. The van der Waals surface area contributed by atoms with Crippen molar-refractivity contribution in [1.29, 1.82) is 0 Å². The Bertz CT molecular complexity index is 574. The van der Waals surface area contributed by atoms with Crippen LogP contribution >= 0.6 is 0 Å². The SMILES string of the molecule is CNCc1cccc(S(=O)(=O)N2CCCN(C)CC2C)c1. The highest BCUT2D eigenvalue weighted by molar-refractivity contribution is 7.89. The Balaban J connectivity index is 2.30. The molecule has 0 bridgehead atoms. The van der Waals surface area contributed by atoms with Gasteiger partial charge in [-0.25, -0.2) is 8.42 Å². The van der Waals surface area contributed by atoms with E-state index in [4.69, 9.17) is 0 Å². The van der Waals surface area contributed by atoms with Gasteiger partial charge in [-0.2, -0.15) is 4.31 Å². The third-order valence-corrected chi connectivity index (χ3v) is 5.88. The topological polar surface area (TPSA) is 52.7 Å². The number of likely N-dealkylation sites (N-methyl/N-ethyl adjacent to an activating group) is 1.